The standard InChI is InChI=1S/C5H8ClNO3S/c1-3(8)7-5(11,2-6)4(9)10/h11H,2H2,1H3,(H,7,8)(H,9,10). The third-order valence-electron chi connectivity index (χ3n) is 0.930. The molecule has 1 atom stereocenters. The lowest BCUT2D eigenvalue weighted by molar-refractivity contribution is -0.142. The lowest BCUT2D eigenvalue weighted by Crippen LogP contribution is -2.51. The first-order chi connectivity index (χ1) is 4.92. The van der Waals surface area contributed by atoms with Crippen LogP contribution in [-0.4, -0.2) is 27.7 Å². The number of carboxylic acids is 1. The Morgan fingerprint density at radius 2 is 2.18 bits per heavy atom. The second-order valence-corrected chi connectivity index (χ2v) is 3.01. The number of amides is 1. The van der Waals surface area contributed by atoms with Crippen LogP contribution in [0, 0.1) is 0 Å². The van der Waals surface area contributed by atoms with Crippen molar-refractivity contribution in [2.75, 3.05) is 5.88 Å². The highest BCUT2D eigenvalue weighted by molar-refractivity contribution is 7.82. The van der Waals surface area contributed by atoms with Gasteiger partial charge >= 0.3 is 5.97 Å². The maximum Gasteiger partial charge on any atom is 0.341 e. The van der Waals surface area contributed by atoms with Gasteiger partial charge in [0.25, 0.3) is 0 Å². The van der Waals surface area contributed by atoms with E-state index in [1.165, 1.54) is 6.92 Å². The topological polar surface area (TPSA) is 66.4 Å². The summed E-state index contributed by atoms with van der Waals surface area (Å²) in [6.07, 6.45) is 0. The number of nitrogens with one attached hydrogen (secondary N) is 1. The molecule has 0 aliphatic heterocycles. The van der Waals surface area contributed by atoms with Gasteiger partial charge in [0, 0.05) is 6.92 Å². The molecule has 0 spiro atoms. The summed E-state index contributed by atoms with van der Waals surface area (Å²) < 4.78 is 0. The fourth-order valence-corrected chi connectivity index (χ4v) is 0.774. The quantitative estimate of drug-likeness (QED) is 0.341. The molecule has 1 amide bonds. The van der Waals surface area contributed by atoms with Crippen LogP contribution >= 0.6 is 24.2 Å². The van der Waals surface area contributed by atoms with E-state index in [0.717, 1.165) is 0 Å². The summed E-state index contributed by atoms with van der Waals surface area (Å²) in [4.78, 5) is 19.2. The fraction of sp³-hybridized carbons (Fsp3) is 0.600. The van der Waals surface area contributed by atoms with Crippen LogP contribution in [0.4, 0.5) is 0 Å². The van der Waals surface area contributed by atoms with Crippen molar-refractivity contribution in [2.24, 2.45) is 0 Å². The average Bonchev–Trinajstić information content (AvgIpc) is 1.86. The molecule has 4 nitrogen and oxygen atoms in total. The number of carbonyl (C=O) groups is 2. The largest absolute Gasteiger partial charge is 0.479 e. The van der Waals surface area contributed by atoms with Crippen molar-refractivity contribution in [3.05, 3.63) is 0 Å². The number of carbonyl (C=O) groups excluding carboxylic acids is 1. The van der Waals surface area contributed by atoms with Gasteiger partial charge in [0.05, 0.1) is 5.88 Å². The maximum atomic E-state index is 10.4. The Hall–Kier alpha value is -0.420. The molecule has 0 saturated heterocycles. The van der Waals surface area contributed by atoms with Crippen LogP contribution in [0.5, 0.6) is 0 Å². The summed E-state index contributed by atoms with van der Waals surface area (Å²) in [6.45, 7) is 1.19. The highest BCUT2D eigenvalue weighted by atomic mass is 35.5. The van der Waals surface area contributed by atoms with Gasteiger partial charge in [0.1, 0.15) is 0 Å². The minimum atomic E-state index is -1.66. The molecule has 64 valence electrons. The number of aliphatic carboxylic acids is 1. The molecule has 0 aromatic heterocycles. The molecule has 11 heavy (non-hydrogen) atoms. The van der Waals surface area contributed by atoms with E-state index >= 15 is 0 Å². The number of hydrogen-bond donors (Lipinski definition) is 3. The normalized spacial score (nSPS) is 15.2. The number of alkyl halides is 1. The minimum Gasteiger partial charge on any atom is -0.479 e. The molecule has 0 aliphatic rings. The van der Waals surface area contributed by atoms with E-state index in [0.29, 0.717) is 0 Å². The van der Waals surface area contributed by atoms with E-state index in [2.05, 4.69) is 17.9 Å². The predicted molar refractivity (Wildman–Crippen MR) is 43.9 cm³/mol. The Morgan fingerprint density at radius 3 is 2.27 bits per heavy atom. The summed E-state index contributed by atoms with van der Waals surface area (Å²) >= 11 is 8.97. The summed E-state index contributed by atoms with van der Waals surface area (Å²) in [5.41, 5.74) is 0. The van der Waals surface area contributed by atoms with Gasteiger partial charge in [0.2, 0.25) is 5.91 Å². The Kier molecular flexibility index (Phi) is 3.68. The SMILES string of the molecule is CC(=O)NC(S)(CCl)C(=O)O. The monoisotopic (exact) mass is 197 g/mol. The summed E-state index contributed by atoms with van der Waals surface area (Å²) in [5, 5.41) is 10.6. The van der Waals surface area contributed by atoms with Crippen LogP contribution in [-0.2, 0) is 9.59 Å². The van der Waals surface area contributed by atoms with Crippen molar-refractivity contribution >= 4 is 36.1 Å². The number of rotatable bonds is 3. The molecule has 0 aromatic carbocycles. The van der Waals surface area contributed by atoms with E-state index in [-0.39, 0.29) is 5.88 Å². The van der Waals surface area contributed by atoms with E-state index in [1.807, 2.05) is 0 Å². The number of hydrogen-bond acceptors (Lipinski definition) is 3. The predicted octanol–water partition coefficient (Wildman–Crippen LogP) is 0.0720. The highest BCUT2D eigenvalue weighted by Gasteiger charge is 2.34. The summed E-state index contributed by atoms with van der Waals surface area (Å²) in [6, 6.07) is 0. The molecule has 0 heterocycles. The molecular weight excluding hydrogens is 190 g/mol. The van der Waals surface area contributed by atoms with Gasteiger partial charge in [-0.3, -0.25) is 4.79 Å². The minimum absolute atomic E-state index is 0.287. The Morgan fingerprint density at radius 1 is 1.73 bits per heavy atom. The van der Waals surface area contributed by atoms with Gasteiger partial charge in [-0.05, 0) is 0 Å². The van der Waals surface area contributed by atoms with E-state index < -0.39 is 16.7 Å². The molecule has 0 radical (unpaired) electrons. The summed E-state index contributed by atoms with van der Waals surface area (Å²) in [7, 11) is 0. The van der Waals surface area contributed by atoms with Gasteiger partial charge in [-0.15, -0.1) is 24.2 Å². The van der Waals surface area contributed by atoms with Crippen molar-refractivity contribution in [2.45, 2.75) is 11.8 Å². The zero-order valence-corrected chi connectivity index (χ0v) is 7.45. The first-order valence-corrected chi connectivity index (χ1v) is 3.71. The van der Waals surface area contributed by atoms with Crippen LogP contribution in [0.15, 0.2) is 0 Å². The molecule has 0 aromatic rings. The molecular formula is C5H8ClNO3S. The molecule has 0 aliphatic carbocycles. The molecule has 0 saturated carbocycles. The second-order valence-electron chi connectivity index (χ2n) is 1.98. The second kappa shape index (κ2) is 3.82. The first kappa shape index (κ1) is 10.6. The van der Waals surface area contributed by atoms with Gasteiger partial charge in [-0.1, -0.05) is 0 Å². The molecule has 1 unspecified atom stereocenters. The van der Waals surface area contributed by atoms with Crippen molar-refractivity contribution in [3.63, 3.8) is 0 Å². The van der Waals surface area contributed by atoms with Crippen LogP contribution in [0.1, 0.15) is 6.92 Å². The van der Waals surface area contributed by atoms with Gasteiger partial charge < -0.3 is 10.4 Å². The zero-order chi connectivity index (χ0) is 9.07. The fourth-order valence-electron chi connectivity index (χ4n) is 0.435. The Labute approximate surface area is 74.3 Å². The van der Waals surface area contributed by atoms with Crippen LogP contribution in [0.3, 0.4) is 0 Å². The van der Waals surface area contributed by atoms with E-state index in [1.54, 1.807) is 0 Å². The number of halogens is 1. The van der Waals surface area contributed by atoms with E-state index in [4.69, 9.17) is 16.7 Å². The molecule has 0 bridgehead atoms. The number of thiol groups is 1. The molecule has 2 N–H and O–H groups in total. The highest BCUT2D eigenvalue weighted by Crippen LogP contribution is 2.12. The van der Waals surface area contributed by atoms with Crippen molar-refractivity contribution in [1.29, 1.82) is 0 Å². The smallest absolute Gasteiger partial charge is 0.341 e. The van der Waals surface area contributed by atoms with Crippen molar-refractivity contribution in [1.82, 2.24) is 5.32 Å². The molecule has 0 fully saturated rings. The Balaban J connectivity index is 4.34. The number of carboxylic acid groups (broad SMARTS) is 1. The summed E-state index contributed by atoms with van der Waals surface area (Å²) in [5.74, 6) is -2.04. The van der Waals surface area contributed by atoms with Crippen LogP contribution < -0.4 is 5.32 Å². The van der Waals surface area contributed by atoms with Gasteiger partial charge in [-0.2, -0.15) is 0 Å². The van der Waals surface area contributed by atoms with Gasteiger partial charge in [-0.25, -0.2) is 4.79 Å². The first-order valence-electron chi connectivity index (χ1n) is 2.73. The van der Waals surface area contributed by atoms with Gasteiger partial charge in [0.15, 0.2) is 4.87 Å². The average molecular weight is 198 g/mol. The lowest BCUT2D eigenvalue weighted by Gasteiger charge is -2.20. The molecule has 6 heteroatoms. The third-order valence-corrected chi connectivity index (χ3v) is 1.98. The van der Waals surface area contributed by atoms with Crippen molar-refractivity contribution in [3.8, 4) is 0 Å². The third kappa shape index (κ3) is 2.98. The maximum absolute atomic E-state index is 10.4. The zero-order valence-electron chi connectivity index (χ0n) is 5.80. The lowest BCUT2D eigenvalue weighted by atomic mass is 10.3. The Bertz CT molecular complexity index is 187. The van der Waals surface area contributed by atoms with Crippen molar-refractivity contribution < 1.29 is 14.7 Å². The van der Waals surface area contributed by atoms with Crippen LogP contribution in [0.2, 0.25) is 0 Å². The molecule has 0 rings (SSSR count). The van der Waals surface area contributed by atoms with E-state index in [9.17, 15) is 9.59 Å². The van der Waals surface area contributed by atoms with Crippen LogP contribution in [0.25, 0.3) is 0 Å².